The van der Waals surface area contributed by atoms with Gasteiger partial charge in [-0.1, -0.05) is 20.8 Å². The Morgan fingerprint density at radius 2 is 1.88 bits per heavy atom. The molecule has 2 heteroatoms. The van der Waals surface area contributed by atoms with Crippen LogP contribution in [0.15, 0.2) is 0 Å². The normalized spacial score (nSPS) is 45.4. The monoisotopic (exact) mass is 224 g/mol. The Morgan fingerprint density at radius 3 is 2.44 bits per heavy atom. The van der Waals surface area contributed by atoms with Gasteiger partial charge in [0.1, 0.15) is 0 Å². The maximum Gasteiger partial charge on any atom is 0.0365 e. The van der Waals surface area contributed by atoms with Gasteiger partial charge in [0.05, 0.1) is 0 Å². The van der Waals surface area contributed by atoms with E-state index >= 15 is 0 Å². The van der Waals surface area contributed by atoms with Crippen molar-refractivity contribution in [3.63, 3.8) is 0 Å². The van der Waals surface area contributed by atoms with Crippen molar-refractivity contribution in [1.29, 1.82) is 0 Å². The zero-order valence-corrected chi connectivity index (χ0v) is 11.2. The summed E-state index contributed by atoms with van der Waals surface area (Å²) in [7, 11) is 0. The number of likely N-dealkylation sites (tertiary alicyclic amines) is 1. The third-order valence-electron chi connectivity index (χ3n) is 4.73. The van der Waals surface area contributed by atoms with Crippen LogP contribution in [0, 0.1) is 11.8 Å². The van der Waals surface area contributed by atoms with Gasteiger partial charge in [0.15, 0.2) is 0 Å². The molecular formula is C14H28N2. The van der Waals surface area contributed by atoms with E-state index in [1.807, 2.05) is 0 Å². The lowest BCUT2D eigenvalue weighted by Gasteiger charge is -2.48. The minimum Gasteiger partial charge on any atom is -0.326 e. The number of nitrogens with two attached hydrogens (primary N) is 1. The van der Waals surface area contributed by atoms with E-state index in [1.54, 1.807) is 0 Å². The molecule has 3 atom stereocenters. The van der Waals surface area contributed by atoms with Crippen LogP contribution in [0.5, 0.6) is 0 Å². The van der Waals surface area contributed by atoms with Gasteiger partial charge in [0, 0.05) is 18.1 Å². The molecule has 0 aromatic rings. The van der Waals surface area contributed by atoms with Crippen LogP contribution in [0.1, 0.15) is 52.9 Å². The van der Waals surface area contributed by atoms with Gasteiger partial charge in [-0.15, -0.1) is 0 Å². The lowest BCUT2D eigenvalue weighted by molar-refractivity contribution is 0.0371. The van der Waals surface area contributed by atoms with Crippen LogP contribution >= 0.6 is 0 Å². The fraction of sp³-hybridized carbons (Fsp3) is 1.00. The van der Waals surface area contributed by atoms with Crippen molar-refractivity contribution in [3.05, 3.63) is 0 Å². The summed E-state index contributed by atoms with van der Waals surface area (Å²) >= 11 is 0. The molecule has 1 heterocycles. The van der Waals surface area contributed by atoms with Crippen LogP contribution < -0.4 is 5.73 Å². The second-order valence-electron chi connectivity index (χ2n) is 6.34. The molecule has 2 rings (SSSR count). The first-order valence-corrected chi connectivity index (χ1v) is 7.09. The molecule has 2 aliphatic rings. The predicted molar refractivity (Wildman–Crippen MR) is 69.4 cm³/mol. The molecule has 0 aromatic heterocycles. The molecule has 0 bridgehead atoms. The second kappa shape index (κ2) is 4.66. The summed E-state index contributed by atoms with van der Waals surface area (Å²) in [4.78, 5) is 2.71. The summed E-state index contributed by atoms with van der Waals surface area (Å²) in [6.45, 7) is 9.58. The number of hydrogen-bond donors (Lipinski definition) is 1. The summed E-state index contributed by atoms with van der Waals surface area (Å²) in [6, 6.07) is 0.421. The molecule has 2 nitrogen and oxygen atoms in total. The van der Waals surface area contributed by atoms with Crippen molar-refractivity contribution in [2.24, 2.45) is 17.6 Å². The van der Waals surface area contributed by atoms with Crippen LogP contribution in [0.25, 0.3) is 0 Å². The molecular weight excluding hydrogens is 196 g/mol. The molecule has 1 spiro atoms. The van der Waals surface area contributed by atoms with E-state index in [0.29, 0.717) is 11.6 Å². The third-order valence-corrected chi connectivity index (χ3v) is 4.73. The average molecular weight is 224 g/mol. The molecule has 0 radical (unpaired) electrons. The Labute approximate surface area is 101 Å². The van der Waals surface area contributed by atoms with Crippen LogP contribution in [0.4, 0.5) is 0 Å². The van der Waals surface area contributed by atoms with E-state index in [0.717, 1.165) is 11.8 Å². The Bertz CT molecular complexity index is 227. The van der Waals surface area contributed by atoms with Crippen LogP contribution in [-0.2, 0) is 0 Å². The largest absolute Gasteiger partial charge is 0.326 e. The third kappa shape index (κ3) is 2.02. The molecule has 0 amide bonds. The molecule has 3 unspecified atom stereocenters. The van der Waals surface area contributed by atoms with Crippen molar-refractivity contribution in [3.8, 4) is 0 Å². The van der Waals surface area contributed by atoms with E-state index < -0.39 is 0 Å². The molecule has 1 saturated carbocycles. The lowest BCUT2D eigenvalue weighted by Crippen LogP contribution is -2.57. The first-order valence-electron chi connectivity index (χ1n) is 7.09. The fourth-order valence-corrected chi connectivity index (χ4v) is 4.33. The highest BCUT2D eigenvalue weighted by Crippen LogP contribution is 2.45. The summed E-state index contributed by atoms with van der Waals surface area (Å²) in [5.41, 5.74) is 6.80. The first-order chi connectivity index (χ1) is 7.58. The molecule has 1 saturated heterocycles. The molecule has 2 N–H and O–H groups in total. The minimum atomic E-state index is 0.354. The van der Waals surface area contributed by atoms with E-state index in [9.17, 15) is 0 Å². The van der Waals surface area contributed by atoms with Crippen LogP contribution in [0.2, 0.25) is 0 Å². The van der Waals surface area contributed by atoms with Crippen LogP contribution in [-0.4, -0.2) is 29.6 Å². The highest BCUT2D eigenvalue weighted by atomic mass is 15.2. The van der Waals surface area contributed by atoms with Crippen LogP contribution in [0.3, 0.4) is 0 Å². The van der Waals surface area contributed by atoms with Gasteiger partial charge in [0.25, 0.3) is 0 Å². The molecule has 94 valence electrons. The van der Waals surface area contributed by atoms with Crippen molar-refractivity contribution in [1.82, 2.24) is 4.90 Å². The smallest absolute Gasteiger partial charge is 0.0365 e. The first kappa shape index (κ1) is 12.4. The van der Waals surface area contributed by atoms with E-state index in [-0.39, 0.29) is 0 Å². The highest BCUT2D eigenvalue weighted by molar-refractivity contribution is 5.07. The molecule has 2 fully saturated rings. The predicted octanol–water partition coefficient (Wildman–Crippen LogP) is 2.62. The maximum atomic E-state index is 6.45. The Balaban J connectivity index is 2.17. The zero-order valence-electron chi connectivity index (χ0n) is 11.2. The maximum absolute atomic E-state index is 6.45. The molecule has 16 heavy (non-hydrogen) atoms. The number of rotatable bonds is 2. The highest BCUT2D eigenvalue weighted by Gasteiger charge is 2.49. The second-order valence-corrected chi connectivity index (χ2v) is 6.34. The van der Waals surface area contributed by atoms with Gasteiger partial charge < -0.3 is 5.73 Å². The van der Waals surface area contributed by atoms with E-state index in [1.165, 1.54) is 45.2 Å². The van der Waals surface area contributed by atoms with Crippen molar-refractivity contribution in [2.45, 2.75) is 64.5 Å². The van der Waals surface area contributed by atoms with Gasteiger partial charge in [0.2, 0.25) is 0 Å². The van der Waals surface area contributed by atoms with Gasteiger partial charge in [-0.2, -0.15) is 0 Å². The summed E-state index contributed by atoms with van der Waals surface area (Å²) in [5, 5.41) is 0. The van der Waals surface area contributed by atoms with Crippen molar-refractivity contribution < 1.29 is 0 Å². The Morgan fingerprint density at radius 1 is 1.25 bits per heavy atom. The number of nitrogens with zero attached hydrogens (tertiary/aromatic N) is 1. The number of hydrogen-bond acceptors (Lipinski definition) is 2. The zero-order chi connectivity index (χ0) is 11.8. The topological polar surface area (TPSA) is 29.3 Å². The van der Waals surface area contributed by atoms with Crippen molar-refractivity contribution >= 4 is 0 Å². The summed E-state index contributed by atoms with van der Waals surface area (Å²) < 4.78 is 0. The van der Waals surface area contributed by atoms with E-state index in [2.05, 4.69) is 25.7 Å². The molecule has 1 aliphatic heterocycles. The summed E-state index contributed by atoms with van der Waals surface area (Å²) in [5.74, 6) is 1.71. The SMILES string of the molecule is CCCN1CCC(N)C12CC(C)CC(C)C2. The quantitative estimate of drug-likeness (QED) is 0.781. The summed E-state index contributed by atoms with van der Waals surface area (Å²) in [6.07, 6.45) is 6.53. The van der Waals surface area contributed by atoms with Gasteiger partial charge in [-0.25, -0.2) is 0 Å². The average Bonchev–Trinajstić information content (AvgIpc) is 2.46. The van der Waals surface area contributed by atoms with E-state index in [4.69, 9.17) is 5.73 Å². The van der Waals surface area contributed by atoms with Gasteiger partial charge in [-0.05, 0) is 50.5 Å². The standard InChI is InChI=1S/C14H28N2/c1-4-6-16-7-5-13(15)14(16)9-11(2)8-12(3)10-14/h11-13H,4-10,15H2,1-3H3. The Hall–Kier alpha value is -0.0800. The van der Waals surface area contributed by atoms with Gasteiger partial charge in [-0.3, -0.25) is 4.90 Å². The molecule has 1 aliphatic carbocycles. The van der Waals surface area contributed by atoms with Crippen molar-refractivity contribution in [2.75, 3.05) is 13.1 Å². The molecule has 0 aromatic carbocycles. The lowest BCUT2D eigenvalue weighted by atomic mass is 9.68. The fourth-order valence-electron chi connectivity index (χ4n) is 4.33. The minimum absolute atomic E-state index is 0.354. The Kier molecular flexibility index (Phi) is 3.60. The van der Waals surface area contributed by atoms with Gasteiger partial charge >= 0.3 is 0 Å².